The van der Waals surface area contributed by atoms with E-state index in [-0.39, 0.29) is 22.6 Å². The summed E-state index contributed by atoms with van der Waals surface area (Å²) in [5, 5.41) is 7.31. The van der Waals surface area contributed by atoms with Crippen LogP contribution in [0.15, 0.2) is 43.7 Å². The molecule has 0 fully saturated rings. The standard InChI is InChI=1S/C12H12N2O5S2/c1-3-18-11(15)10-13-14-12(19-10)20-8-6-4-5-7-9(8)21(2,16)17/h4-7H,3H2,1-2H3. The number of esters is 1. The van der Waals surface area contributed by atoms with Crippen LogP contribution in [0.4, 0.5) is 0 Å². The maximum atomic E-state index is 11.7. The minimum absolute atomic E-state index is 0.0640. The summed E-state index contributed by atoms with van der Waals surface area (Å²) in [7, 11) is -3.37. The van der Waals surface area contributed by atoms with E-state index in [0.29, 0.717) is 4.90 Å². The van der Waals surface area contributed by atoms with Crippen molar-refractivity contribution in [3.05, 3.63) is 30.2 Å². The van der Waals surface area contributed by atoms with E-state index >= 15 is 0 Å². The first-order chi connectivity index (χ1) is 9.91. The van der Waals surface area contributed by atoms with E-state index in [9.17, 15) is 13.2 Å². The lowest BCUT2D eigenvalue weighted by molar-refractivity contribution is 0.0475. The quantitative estimate of drug-likeness (QED) is 0.766. The van der Waals surface area contributed by atoms with Crippen molar-refractivity contribution in [2.75, 3.05) is 12.9 Å². The van der Waals surface area contributed by atoms with Gasteiger partial charge in [0.1, 0.15) is 0 Å². The van der Waals surface area contributed by atoms with Crippen molar-refractivity contribution in [2.45, 2.75) is 21.9 Å². The summed E-state index contributed by atoms with van der Waals surface area (Å²) >= 11 is 0.970. The average molecular weight is 328 g/mol. The SMILES string of the molecule is CCOC(=O)c1nnc(Sc2ccccc2S(C)(=O)=O)o1. The predicted octanol–water partition coefficient (Wildman–Crippen LogP) is 1.80. The Morgan fingerprint density at radius 3 is 2.71 bits per heavy atom. The van der Waals surface area contributed by atoms with Gasteiger partial charge in [-0.3, -0.25) is 0 Å². The van der Waals surface area contributed by atoms with Gasteiger partial charge in [-0.15, -0.1) is 5.10 Å². The van der Waals surface area contributed by atoms with Crippen molar-refractivity contribution in [1.29, 1.82) is 0 Å². The summed E-state index contributed by atoms with van der Waals surface area (Å²) in [5.41, 5.74) is 0. The molecule has 0 aliphatic carbocycles. The van der Waals surface area contributed by atoms with Crippen LogP contribution < -0.4 is 0 Å². The molecule has 9 heteroatoms. The van der Waals surface area contributed by atoms with Crippen molar-refractivity contribution in [3.63, 3.8) is 0 Å². The molecular formula is C12H12N2O5S2. The smallest absolute Gasteiger partial charge is 0.396 e. The third-order valence-electron chi connectivity index (χ3n) is 2.30. The van der Waals surface area contributed by atoms with E-state index in [1.54, 1.807) is 25.1 Å². The molecule has 0 bridgehead atoms. The topological polar surface area (TPSA) is 99.4 Å². The molecule has 0 amide bonds. The van der Waals surface area contributed by atoms with Crippen LogP contribution in [0.3, 0.4) is 0 Å². The minimum atomic E-state index is -3.37. The second-order valence-electron chi connectivity index (χ2n) is 3.91. The molecular weight excluding hydrogens is 316 g/mol. The fourth-order valence-electron chi connectivity index (χ4n) is 1.46. The monoisotopic (exact) mass is 328 g/mol. The van der Waals surface area contributed by atoms with E-state index in [1.165, 1.54) is 6.07 Å². The highest BCUT2D eigenvalue weighted by Gasteiger charge is 2.19. The molecule has 0 atom stereocenters. The lowest BCUT2D eigenvalue weighted by atomic mass is 10.4. The molecule has 0 aliphatic heterocycles. The molecule has 0 aliphatic rings. The van der Waals surface area contributed by atoms with Crippen LogP contribution in [0.5, 0.6) is 0 Å². The Hall–Kier alpha value is -1.87. The fraction of sp³-hybridized carbons (Fsp3) is 0.250. The number of carbonyl (C=O) groups excluding carboxylic acids is 1. The van der Waals surface area contributed by atoms with Gasteiger partial charge in [-0.05, 0) is 30.8 Å². The van der Waals surface area contributed by atoms with Gasteiger partial charge in [-0.2, -0.15) is 0 Å². The first kappa shape index (κ1) is 15.5. The molecule has 0 saturated heterocycles. The number of hydrogen-bond acceptors (Lipinski definition) is 8. The summed E-state index contributed by atoms with van der Waals surface area (Å²) < 4.78 is 33.2. The van der Waals surface area contributed by atoms with Crippen molar-refractivity contribution < 1.29 is 22.4 Å². The van der Waals surface area contributed by atoms with E-state index < -0.39 is 15.8 Å². The number of ether oxygens (including phenoxy) is 1. The zero-order chi connectivity index (χ0) is 15.5. The van der Waals surface area contributed by atoms with Crippen LogP contribution >= 0.6 is 11.8 Å². The highest BCUT2D eigenvalue weighted by molar-refractivity contribution is 8.00. The molecule has 21 heavy (non-hydrogen) atoms. The molecule has 0 N–H and O–H groups in total. The van der Waals surface area contributed by atoms with Crippen molar-refractivity contribution in [2.24, 2.45) is 0 Å². The van der Waals surface area contributed by atoms with Crippen molar-refractivity contribution in [3.8, 4) is 0 Å². The Labute approximate surface area is 125 Å². The summed E-state index contributed by atoms with van der Waals surface area (Å²) in [5.74, 6) is -0.982. The average Bonchev–Trinajstić information content (AvgIpc) is 2.87. The van der Waals surface area contributed by atoms with Gasteiger partial charge >= 0.3 is 11.9 Å². The van der Waals surface area contributed by atoms with Gasteiger partial charge in [0.2, 0.25) is 0 Å². The van der Waals surface area contributed by atoms with Crippen LogP contribution in [0.1, 0.15) is 17.6 Å². The molecule has 112 valence electrons. The number of rotatable bonds is 5. The Balaban J connectivity index is 2.26. The zero-order valence-electron chi connectivity index (χ0n) is 11.3. The van der Waals surface area contributed by atoms with E-state index in [4.69, 9.17) is 9.15 Å². The van der Waals surface area contributed by atoms with E-state index in [0.717, 1.165) is 18.0 Å². The largest absolute Gasteiger partial charge is 0.459 e. The van der Waals surface area contributed by atoms with Gasteiger partial charge in [-0.25, -0.2) is 13.2 Å². The number of hydrogen-bond donors (Lipinski definition) is 0. The minimum Gasteiger partial charge on any atom is -0.459 e. The highest BCUT2D eigenvalue weighted by Crippen LogP contribution is 2.31. The molecule has 2 aromatic rings. The number of aromatic nitrogens is 2. The second kappa shape index (κ2) is 6.27. The van der Waals surface area contributed by atoms with Crippen LogP contribution in [-0.2, 0) is 14.6 Å². The summed E-state index contributed by atoms with van der Waals surface area (Å²) in [6.07, 6.45) is 1.12. The van der Waals surface area contributed by atoms with Crippen LogP contribution in [-0.4, -0.2) is 37.4 Å². The van der Waals surface area contributed by atoms with Gasteiger partial charge in [-0.1, -0.05) is 17.2 Å². The van der Waals surface area contributed by atoms with E-state index in [1.807, 2.05) is 0 Å². The second-order valence-corrected chi connectivity index (χ2v) is 6.89. The summed E-state index contributed by atoms with van der Waals surface area (Å²) in [6, 6.07) is 6.42. The van der Waals surface area contributed by atoms with Gasteiger partial charge in [0.25, 0.3) is 5.22 Å². The number of carbonyl (C=O) groups is 1. The van der Waals surface area contributed by atoms with Crippen LogP contribution in [0, 0.1) is 0 Å². The van der Waals surface area contributed by atoms with Crippen molar-refractivity contribution in [1.82, 2.24) is 10.2 Å². The molecule has 1 aromatic heterocycles. The number of benzene rings is 1. The number of nitrogens with zero attached hydrogens (tertiary/aromatic N) is 2. The normalized spacial score (nSPS) is 11.3. The molecule has 0 radical (unpaired) electrons. The van der Waals surface area contributed by atoms with Gasteiger partial charge in [0.05, 0.1) is 11.5 Å². The van der Waals surface area contributed by atoms with Gasteiger partial charge in [0, 0.05) is 11.2 Å². The van der Waals surface area contributed by atoms with Crippen LogP contribution in [0.2, 0.25) is 0 Å². The molecule has 7 nitrogen and oxygen atoms in total. The zero-order valence-corrected chi connectivity index (χ0v) is 12.9. The Kier molecular flexibility index (Phi) is 4.63. The summed E-state index contributed by atoms with van der Waals surface area (Å²) in [6.45, 7) is 1.85. The molecule has 0 spiro atoms. The third kappa shape index (κ3) is 3.82. The third-order valence-corrected chi connectivity index (χ3v) is 4.50. The Morgan fingerprint density at radius 1 is 1.33 bits per heavy atom. The maximum absolute atomic E-state index is 11.7. The lowest BCUT2D eigenvalue weighted by Gasteiger charge is -2.04. The summed E-state index contributed by atoms with van der Waals surface area (Å²) in [4.78, 5) is 12.0. The van der Waals surface area contributed by atoms with Crippen molar-refractivity contribution >= 4 is 27.6 Å². The fourth-order valence-corrected chi connectivity index (χ4v) is 3.51. The first-order valence-corrected chi connectivity index (χ1v) is 8.60. The molecule has 1 heterocycles. The van der Waals surface area contributed by atoms with E-state index in [2.05, 4.69) is 10.2 Å². The first-order valence-electron chi connectivity index (χ1n) is 5.89. The molecule has 0 unspecified atom stereocenters. The Morgan fingerprint density at radius 2 is 2.05 bits per heavy atom. The highest BCUT2D eigenvalue weighted by atomic mass is 32.2. The Bertz CT molecular complexity index is 755. The molecule has 2 rings (SSSR count). The maximum Gasteiger partial charge on any atom is 0.396 e. The van der Waals surface area contributed by atoms with Gasteiger partial charge in [0.15, 0.2) is 9.84 Å². The lowest BCUT2D eigenvalue weighted by Crippen LogP contribution is -2.04. The molecule has 0 saturated carbocycles. The number of sulfone groups is 1. The van der Waals surface area contributed by atoms with Crippen LogP contribution in [0.25, 0.3) is 0 Å². The predicted molar refractivity (Wildman–Crippen MR) is 73.9 cm³/mol. The molecule has 1 aromatic carbocycles. The van der Waals surface area contributed by atoms with Gasteiger partial charge < -0.3 is 9.15 Å².